The van der Waals surface area contributed by atoms with E-state index in [2.05, 4.69) is 16.8 Å². The minimum absolute atomic E-state index is 0.184. The van der Waals surface area contributed by atoms with Gasteiger partial charge in [-0.25, -0.2) is 4.79 Å². The molecular formula is C22H23Cl2N3O3. The van der Waals surface area contributed by atoms with Crippen LogP contribution in [0.5, 0.6) is 0 Å². The van der Waals surface area contributed by atoms with E-state index in [9.17, 15) is 14.9 Å². The summed E-state index contributed by atoms with van der Waals surface area (Å²) in [5, 5.41) is 12.7. The maximum atomic E-state index is 12.4. The molecule has 2 rings (SSSR count). The second kappa shape index (κ2) is 10.3. The summed E-state index contributed by atoms with van der Waals surface area (Å²) in [7, 11) is 0. The number of aryl methyl sites for hydroxylation is 1. The summed E-state index contributed by atoms with van der Waals surface area (Å²) in [6.07, 6.45) is 1.32. The summed E-state index contributed by atoms with van der Waals surface area (Å²) in [5.41, 5.74) is 2.92. The first-order valence-corrected chi connectivity index (χ1v) is 10.2. The first-order valence-electron chi connectivity index (χ1n) is 9.43. The van der Waals surface area contributed by atoms with Gasteiger partial charge >= 0.3 is 5.97 Å². The number of nitrogens with one attached hydrogen (secondary N) is 1. The van der Waals surface area contributed by atoms with Crippen LogP contribution >= 0.6 is 23.2 Å². The summed E-state index contributed by atoms with van der Waals surface area (Å²) in [6.45, 7) is 8.25. The lowest BCUT2D eigenvalue weighted by molar-refractivity contribution is -0.148. The van der Waals surface area contributed by atoms with Crippen molar-refractivity contribution in [3.05, 3.63) is 56.8 Å². The zero-order chi connectivity index (χ0) is 22.4. The van der Waals surface area contributed by atoms with E-state index in [1.165, 1.54) is 19.1 Å². The van der Waals surface area contributed by atoms with E-state index < -0.39 is 18.0 Å². The van der Waals surface area contributed by atoms with Gasteiger partial charge in [-0.15, -0.1) is 0 Å². The summed E-state index contributed by atoms with van der Waals surface area (Å²) >= 11 is 11.9. The number of nitrogens with zero attached hydrogens (tertiary/aromatic N) is 2. The lowest BCUT2D eigenvalue weighted by Gasteiger charge is -2.14. The fourth-order valence-corrected chi connectivity index (χ4v) is 3.39. The number of anilines is 1. The second-order valence-corrected chi connectivity index (χ2v) is 7.65. The van der Waals surface area contributed by atoms with Crippen molar-refractivity contribution in [2.24, 2.45) is 0 Å². The SMILES string of the molecule is CCCn1c(C)cc(/C=C(\C#N)C(=O)OC(C)C(=O)Nc2ccc(Cl)cc2Cl)c1C. The first kappa shape index (κ1) is 23.5. The molecule has 1 amide bonds. The number of ether oxygens (including phenoxy) is 1. The molecule has 8 heteroatoms. The van der Waals surface area contributed by atoms with E-state index in [0.717, 1.165) is 29.9 Å². The Morgan fingerprint density at radius 2 is 2.00 bits per heavy atom. The fraction of sp³-hybridized carbons (Fsp3) is 0.318. The predicted molar refractivity (Wildman–Crippen MR) is 118 cm³/mol. The van der Waals surface area contributed by atoms with Crippen LogP contribution in [0.25, 0.3) is 6.08 Å². The van der Waals surface area contributed by atoms with Crippen LogP contribution in [0.4, 0.5) is 5.69 Å². The number of carbonyl (C=O) groups is 2. The van der Waals surface area contributed by atoms with Crippen LogP contribution in [-0.2, 0) is 20.9 Å². The fourth-order valence-electron chi connectivity index (χ4n) is 2.94. The lowest BCUT2D eigenvalue weighted by Crippen LogP contribution is -2.30. The number of rotatable bonds is 7. The maximum absolute atomic E-state index is 12.4. The van der Waals surface area contributed by atoms with Crippen molar-refractivity contribution in [1.29, 1.82) is 5.26 Å². The largest absolute Gasteiger partial charge is 0.448 e. The lowest BCUT2D eigenvalue weighted by atomic mass is 10.1. The topological polar surface area (TPSA) is 84.1 Å². The summed E-state index contributed by atoms with van der Waals surface area (Å²) < 4.78 is 7.30. The predicted octanol–water partition coefficient (Wildman–Crippen LogP) is 5.30. The normalized spacial score (nSPS) is 12.2. The number of carbonyl (C=O) groups excluding carboxylic acids is 2. The minimum atomic E-state index is -1.13. The standard InChI is InChI=1S/C22H23Cl2N3O3/c1-5-8-27-13(2)9-16(14(27)3)10-17(12-25)22(29)30-15(4)21(28)26-20-7-6-18(23)11-19(20)24/h6-7,9-11,15H,5,8H2,1-4H3,(H,26,28)/b17-10+. The van der Waals surface area contributed by atoms with Crippen LogP contribution in [0.1, 0.15) is 37.2 Å². The Bertz CT molecular complexity index is 1030. The van der Waals surface area contributed by atoms with Crippen LogP contribution in [-0.4, -0.2) is 22.5 Å². The molecule has 1 heterocycles. The van der Waals surface area contributed by atoms with Gasteiger partial charge in [-0.1, -0.05) is 30.1 Å². The van der Waals surface area contributed by atoms with Crippen molar-refractivity contribution in [3.63, 3.8) is 0 Å². The molecule has 0 aliphatic carbocycles. The van der Waals surface area contributed by atoms with Crippen LogP contribution in [0.2, 0.25) is 10.0 Å². The van der Waals surface area contributed by atoms with Crippen LogP contribution in [0.15, 0.2) is 29.8 Å². The number of benzene rings is 1. The monoisotopic (exact) mass is 447 g/mol. The Kier molecular flexibility index (Phi) is 8.10. The Labute approximate surface area is 186 Å². The van der Waals surface area contributed by atoms with Gasteiger partial charge in [0, 0.05) is 23.0 Å². The van der Waals surface area contributed by atoms with E-state index in [0.29, 0.717) is 10.7 Å². The van der Waals surface area contributed by atoms with Gasteiger partial charge in [-0.2, -0.15) is 5.26 Å². The molecule has 158 valence electrons. The third-order valence-corrected chi connectivity index (χ3v) is 5.09. The number of hydrogen-bond donors (Lipinski definition) is 1. The highest BCUT2D eigenvalue weighted by Crippen LogP contribution is 2.25. The van der Waals surface area contributed by atoms with Crippen molar-refractivity contribution in [3.8, 4) is 6.07 Å². The zero-order valence-electron chi connectivity index (χ0n) is 17.3. The van der Waals surface area contributed by atoms with Gasteiger partial charge in [0.05, 0.1) is 10.7 Å². The highest BCUT2D eigenvalue weighted by atomic mass is 35.5. The van der Waals surface area contributed by atoms with Crippen molar-refractivity contribution in [2.75, 3.05) is 5.32 Å². The third-order valence-electron chi connectivity index (χ3n) is 4.54. The molecule has 1 atom stereocenters. The molecule has 0 saturated heterocycles. The molecule has 0 saturated carbocycles. The molecule has 0 radical (unpaired) electrons. The van der Waals surface area contributed by atoms with Crippen molar-refractivity contribution < 1.29 is 14.3 Å². The molecule has 0 spiro atoms. The highest BCUT2D eigenvalue weighted by Gasteiger charge is 2.22. The van der Waals surface area contributed by atoms with Gasteiger partial charge in [-0.3, -0.25) is 4.79 Å². The van der Waals surface area contributed by atoms with Gasteiger partial charge in [0.1, 0.15) is 11.6 Å². The molecule has 1 N–H and O–H groups in total. The van der Waals surface area contributed by atoms with E-state index in [-0.39, 0.29) is 10.6 Å². The zero-order valence-corrected chi connectivity index (χ0v) is 18.8. The van der Waals surface area contributed by atoms with Crippen molar-refractivity contribution in [2.45, 2.75) is 46.8 Å². The molecule has 1 unspecified atom stereocenters. The summed E-state index contributed by atoms with van der Waals surface area (Å²) in [6, 6.07) is 8.38. The third kappa shape index (κ3) is 5.65. The molecule has 30 heavy (non-hydrogen) atoms. The number of aromatic nitrogens is 1. The van der Waals surface area contributed by atoms with Gasteiger partial charge in [-0.05, 0) is 63.1 Å². The molecule has 0 aliphatic heterocycles. The summed E-state index contributed by atoms with van der Waals surface area (Å²) in [4.78, 5) is 24.8. The maximum Gasteiger partial charge on any atom is 0.349 e. The molecule has 0 fully saturated rings. The second-order valence-electron chi connectivity index (χ2n) is 6.81. The molecular weight excluding hydrogens is 425 g/mol. The van der Waals surface area contributed by atoms with Gasteiger partial charge < -0.3 is 14.6 Å². The van der Waals surface area contributed by atoms with E-state index in [1.54, 1.807) is 12.1 Å². The van der Waals surface area contributed by atoms with Crippen LogP contribution < -0.4 is 5.32 Å². The molecule has 0 bridgehead atoms. The number of amides is 1. The number of nitriles is 1. The molecule has 0 aliphatic rings. The summed E-state index contributed by atoms with van der Waals surface area (Å²) in [5.74, 6) is -1.45. The Morgan fingerprint density at radius 1 is 1.30 bits per heavy atom. The average molecular weight is 448 g/mol. The molecule has 2 aromatic rings. The quantitative estimate of drug-likeness (QED) is 0.354. The van der Waals surface area contributed by atoms with Gasteiger partial charge in [0.25, 0.3) is 5.91 Å². The first-order chi connectivity index (χ1) is 14.2. The Balaban J connectivity index is 2.12. The van der Waals surface area contributed by atoms with E-state index in [4.69, 9.17) is 27.9 Å². The highest BCUT2D eigenvalue weighted by molar-refractivity contribution is 6.36. The van der Waals surface area contributed by atoms with Gasteiger partial charge in [0.15, 0.2) is 6.10 Å². The number of esters is 1. The van der Waals surface area contributed by atoms with Crippen LogP contribution in [0, 0.1) is 25.2 Å². The van der Waals surface area contributed by atoms with Crippen molar-refractivity contribution >= 4 is 46.8 Å². The minimum Gasteiger partial charge on any atom is -0.448 e. The molecule has 6 nitrogen and oxygen atoms in total. The van der Waals surface area contributed by atoms with E-state index in [1.807, 2.05) is 26.0 Å². The van der Waals surface area contributed by atoms with E-state index >= 15 is 0 Å². The molecule has 1 aromatic carbocycles. The van der Waals surface area contributed by atoms with Gasteiger partial charge in [0.2, 0.25) is 0 Å². The Morgan fingerprint density at radius 3 is 2.60 bits per heavy atom. The molecule has 1 aromatic heterocycles. The van der Waals surface area contributed by atoms with Crippen LogP contribution in [0.3, 0.4) is 0 Å². The Hall–Kier alpha value is -2.75. The number of hydrogen-bond acceptors (Lipinski definition) is 4. The number of halogens is 2. The van der Waals surface area contributed by atoms with Crippen molar-refractivity contribution in [1.82, 2.24) is 4.57 Å². The average Bonchev–Trinajstić information content (AvgIpc) is 2.95. The smallest absolute Gasteiger partial charge is 0.349 e.